The number of benzene rings is 2. The van der Waals surface area contributed by atoms with E-state index < -0.39 is 95.6 Å². The lowest BCUT2D eigenvalue weighted by Gasteiger charge is -2.43. The van der Waals surface area contributed by atoms with Crippen LogP contribution in [0.3, 0.4) is 0 Å². The molecule has 3 rings (SSSR count). The first-order valence-electron chi connectivity index (χ1n) is 13.9. The molecular formula is C27H23F17O6S2. The third kappa shape index (κ3) is 6.59. The molecule has 0 amide bonds. The van der Waals surface area contributed by atoms with Crippen molar-refractivity contribution < 1.29 is 101 Å². The second kappa shape index (κ2) is 12.8. The molecule has 0 aliphatic carbocycles. The third-order valence-electron chi connectivity index (χ3n) is 7.25. The highest BCUT2D eigenvalue weighted by Crippen LogP contribution is 2.68. The second-order valence-corrected chi connectivity index (χ2v) is 16.9. The molecule has 1 fully saturated rings. The van der Waals surface area contributed by atoms with Crippen molar-refractivity contribution in [2.24, 2.45) is 0 Å². The monoisotopic (exact) mass is 830 g/mol. The molecule has 0 unspecified atom stereocenters. The molecule has 2 aromatic carbocycles. The van der Waals surface area contributed by atoms with Gasteiger partial charge in [-0.25, -0.2) is 8.42 Å². The van der Waals surface area contributed by atoms with E-state index in [-0.39, 0.29) is 29.4 Å². The second-order valence-electron chi connectivity index (χ2n) is 12.1. The fourth-order valence-electron chi connectivity index (χ4n) is 4.64. The van der Waals surface area contributed by atoms with Crippen LogP contribution in [0.5, 0.6) is 5.75 Å². The minimum absolute atomic E-state index is 0.132. The van der Waals surface area contributed by atoms with Crippen LogP contribution >= 0.6 is 10.3 Å². The minimum atomic E-state index is -8.96. The van der Waals surface area contributed by atoms with Crippen molar-refractivity contribution in [3.8, 4) is 5.75 Å². The quantitative estimate of drug-likeness (QED) is 0.128. The van der Waals surface area contributed by atoms with E-state index in [4.69, 9.17) is 9.47 Å². The smallest absolute Gasteiger partial charge is 0.428 e. The molecule has 1 aliphatic heterocycles. The van der Waals surface area contributed by atoms with Crippen LogP contribution in [-0.2, 0) is 18.5 Å². The van der Waals surface area contributed by atoms with Gasteiger partial charge in [0.25, 0.3) is 0 Å². The molecular weight excluding hydrogens is 807 g/mol. The van der Waals surface area contributed by atoms with Gasteiger partial charge in [-0.2, -0.15) is 83.1 Å². The Morgan fingerprint density at radius 2 is 1.04 bits per heavy atom. The van der Waals surface area contributed by atoms with E-state index in [1.165, 1.54) is 39.0 Å². The molecule has 0 N–H and O–H groups in total. The number of rotatable bonds is 11. The number of fused-ring (bicyclic) bond motifs is 1. The van der Waals surface area contributed by atoms with E-state index >= 15 is 8.78 Å². The normalized spacial score (nSPS) is 18.0. The number of carbonyl (C=O) groups is 1. The summed E-state index contributed by atoms with van der Waals surface area (Å²) in [7, 11) is -11.8. The Kier molecular flexibility index (Phi) is 10.7. The van der Waals surface area contributed by atoms with Gasteiger partial charge in [0.05, 0.1) is 0 Å². The Morgan fingerprint density at radius 3 is 1.48 bits per heavy atom. The lowest BCUT2D eigenvalue weighted by Crippen LogP contribution is -2.75. The molecule has 52 heavy (non-hydrogen) atoms. The van der Waals surface area contributed by atoms with E-state index in [1.54, 1.807) is 0 Å². The van der Waals surface area contributed by atoms with Crippen LogP contribution in [0.4, 0.5) is 79.4 Å². The van der Waals surface area contributed by atoms with Gasteiger partial charge in [0.1, 0.15) is 11.4 Å². The van der Waals surface area contributed by atoms with Crippen LogP contribution < -0.4 is 4.74 Å². The Labute approximate surface area is 283 Å². The van der Waals surface area contributed by atoms with Gasteiger partial charge in [0, 0.05) is 21.8 Å². The zero-order valence-corrected chi connectivity index (χ0v) is 27.6. The highest BCUT2D eigenvalue weighted by molar-refractivity contribution is 8.33. The highest BCUT2D eigenvalue weighted by Gasteiger charge is 2.96. The van der Waals surface area contributed by atoms with Gasteiger partial charge in [-0.05, 0) is 51.1 Å². The molecule has 0 aromatic heterocycles. The third-order valence-corrected chi connectivity index (χ3v) is 12.9. The van der Waals surface area contributed by atoms with Crippen LogP contribution in [0.25, 0.3) is 10.8 Å². The number of alkyl halides is 17. The first kappa shape index (κ1) is 43.4. The van der Waals surface area contributed by atoms with Gasteiger partial charge in [-0.1, -0.05) is 34.6 Å². The Balaban J connectivity index is 2.14. The molecule has 0 saturated carbocycles. The largest absolute Gasteiger partial charge is 0.514 e. The van der Waals surface area contributed by atoms with E-state index in [0.717, 1.165) is 18.2 Å². The summed E-state index contributed by atoms with van der Waals surface area (Å²) in [5.41, 5.74) is -1.09. The standard InChI is InChI=1S/C27H23F17O6S2/c1-19(2,3)49-18(45)48-16-10-11-17(15-9-5-4-8-14(15)16)51(12-6-7-13-51)50-52(46,47)27(43,44)25(38,39)23(34,35)21(30,31)20(28,29)22(32,33)24(36,37)26(40,41)42/h4-5,8-11H,6-7,12-13H2,1-3H3. The zero-order valence-electron chi connectivity index (χ0n) is 26.0. The summed E-state index contributed by atoms with van der Waals surface area (Å²) in [6.45, 7) is 4.35. The summed E-state index contributed by atoms with van der Waals surface area (Å²) in [5, 5.41) is -8.16. The molecule has 1 saturated heterocycles. The molecule has 6 nitrogen and oxygen atoms in total. The van der Waals surface area contributed by atoms with Crippen molar-refractivity contribution in [1.29, 1.82) is 0 Å². The lowest BCUT2D eigenvalue weighted by molar-refractivity contribution is -0.458. The summed E-state index contributed by atoms with van der Waals surface area (Å²) in [6.07, 6.45) is -9.56. The maximum atomic E-state index is 15.0. The number of hydrogen-bond acceptors (Lipinski definition) is 6. The van der Waals surface area contributed by atoms with E-state index in [1.807, 2.05) is 0 Å². The van der Waals surface area contributed by atoms with Gasteiger partial charge in [-0.3, -0.25) is 0 Å². The average molecular weight is 831 g/mol. The van der Waals surface area contributed by atoms with Crippen molar-refractivity contribution in [1.82, 2.24) is 0 Å². The molecule has 0 radical (unpaired) electrons. The maximum Gasteiger partial charge on any atom is 0.514 e. The molecule has 0 spiro atoms. The summed E-state index contributed by atoms with van der Waals surface area (Å²) in [6, 6.07) is 6.60. The fourth-order valence-corrected chi connectivity index (χ4v) is 10.5. The summed E-state index contributed by atoms with van der Waals surface area (Å²) >= 11 is 0. The van der Waals surface area contributed by atoms with Crippen molar-refractivity contribution in [2.75, 3.05) is 11.5 Å². The fraction of sp³-hybridized carbons (Fsp3) is 0.593. The molecule has 25 heteroatoms. The van der Waals surface area contributed by atoms with Crippen LogP contribution in [-0.4, -0.2) is 78.6 Å². The molecule has 0 atom stereocenters. The lowest BCUT2D eigenvalue weighted by atomic mass is 9.91. The molecule has 2 aromatic rings. The van der Waals surface area contributed by atoms with Crippen LogP contribution in [0.1, 0.15) is 33.6 Å². The van der Waals surface area contributed by atoms with Crippen molar-refractivity contribution in [3.63, 3.8) is 0 Å². The topological polar surface area (TPSA) is 78.9 Å². The van der Waals surface area contributed by atoms with E-state index in [0.29, 0.717) is 0 Å². The van der Waals surface area contributed by atoms with Crippen LogP contribution in [0.2, 0.25) is 0 Å². The Morgan fingerprint density at radius 1 is 0.615 bits per heavy atom. The SMILES string of the molecule is CC(C)(C)OC(=O)Oc1ccc(S2(OS(=O)(=O)C(F)(F)C(F)(F)C(F)(F)C(F)(F)C(F)(F)C(F)(F)C(F)(F)C(F)(F)F)CCCC2)c2ccccc12. The van der Waals surface area contributed by atoms with Crippen LogP contribution in [0, 0.1) is 0 Å². The summed E-state index contributed by atoms with van der Waals surface area (Å²) in [5.74, 6) is -54.0. The maximum absolute atomic E-state index is 15.0. The van der Waals surface area contributed by atoms with Gasteiger partial charge >= 0.3 is 63.2 Å². The molecule has 298 valence electrons. The summed E-state index contributed by atoms with van der Waals surface area (Å²) in [4.78, 5) is 11.8. The van der Waals surface area contributed by atoms with Gasteiger partial charge in [0.15, 0.2) is 0 Å². The van der Waals surface area contributed by atoms with Gasteiger partial charge in [0.2, 0.25) is 0 Å². The summed E-state index contributed by atoms with van der Waals surface area (Å²) < 4.78 is 275. The Hall–Kier alpha value is -2.96. The molecule has 1 aliphatic rings. The highest BCUT2D eigenvalue weighted by atomic mass is 32.3. The van der Waals surface area contributed by atoms with Gasteiger partial charge in [-0.15, -0.1) is 0 Å². The number of ether oxygens (including phenoxy) is 2. The average Bonchev–Trinajstić information content (AvgIpc) is 3.43. The van der Waals surface area contributed by atoms with Crippen LogP contribution in [0.15, 0.2) is 41.3 Å². The molecule has 0 bridgehead atoms. The predicted octanol–water partition coefficient (Wildman–Crippen LogP) is 10.3. The predicted molar refractivity (Wildman–Crippen MR) is 146 cm³/mol. The molecule has 1 heterocycles. The van der Waals surface area contributed by atoms with Crippen molar-refractivity contribution in [3.05, 3.63) is 36.4 Å². The first-order valence-corrected chi connectivity index (χ1v) is 17.2. The minimum Gasteiger partial charge on any atom is -0.428 e. The first-order chi connectivity index (χ1) is 23.0. The Bertz CT molecular complexity index is 1780. The van der Waals surface area contributed by atoms with Crippen molar-refractivity contribution in [2.45, 2.75) is 91.1 Å². The number of carbonyl (C=O) groups excluding carboxylic acids is 1. The number of halogens is 17. The van der Waals surface area contributed by atoms with Gasteiger partial charge < -0.3 is 9.47 Å². The zero-order chi connectivity index (χ0) is 40.6. The number of hydrogen-bond donors (Lipinski definition) is 0. The van der Waals surface area contributed by atoms with Crippen molar-refractivity contribution >= 4 is 37.4 Å². The van der Waals surface area contributed by atoms with E-state index in [2.05, 4.69) is 3.63 Å². The van der Waals surface area contributed by atoms with E-state index in [9.17, 15) is 79.1 Å².